The van der Waals surface area contributed by atoms with E-state index in [9.17, 15) is 14.4 Å². The van der Waals surface area contributed by atoms with Crippen molar-refractivity contribution in [3.05, 3.63) is 0 Å². The van der Waals surface area contributed by atoms with E-state index >= 15 is 0 Å². The molecule has 0 aromatic carbocycles. The lowest BCUT2D eigenvalue weighted by molar-refractivity contribution is -0.145. The fraction of sp³-hybridized carbons (Fsp3) is 0.824. The maximum atomic E-state index is 12.0. The number of ether oxygens (including phenoxy) is 2. The molecule has 7 nitrogen and oxygen atoms in total. The summed E-state index contributed by atoms with van der Waals surface area (Å²) >= 11 is 0. The van der Waals surface area contributed by atoms with Crippen molar-refractivity contribution in [1.82, 2.24) is 10.6 Å². The largest absolute Gasteiger partial charge is 0.467 e. The normalized spacial score (nSPS) is 18.8. The van der Waals surface area contributed by atoms with Crippen LogP contribution >= 0.6 is 0 Å². The van der Waals surface area contributed by atoms with Crippen LogP contribution in [0.2, 0.25) is 0 Å². The number of alkyl carbamates (subject to hydrolysis) is 1. The van der Waals surface area contributed by atoms with Gasteiger partial charge in [0.05, 0.1) is 7.11 Å². The van der Waals surface area contributed by atoms with Gasteiger partial charge in [0.2, 0.25) is 5.91 Å². The molecule has 24 heavy (non-hydrogen) atoms. The zero-order valence-corrected chi connectivity index (χ0v) is 15.1. The van der Waals surface area contributed by atoms with Crippen molar-refractivity contribution in [2.24, 2.45) is 5.89 Å². The van der Waals surface area contributed by atoms with Crippen LogP contribution < -0.4 is 10.6 Å². The van der Waals surface area contributed by atoms with Crippen molar-refractivity contribution < 1.29 is 25.2 Å². The van der Waals surface area contributed by atoms with Crippen molar-refractivity contribution in [3.63, 3.8) is 0 Å². The van der Waals surface area contributed by atoms with Crippen LogP contribution in [0.5, 0.6) is 0 Å². The first kappa shape index (κ1) is 18.5. The Kier molecular flexibility index (Phi) is 7.34. The van der Waals surface area contributed by atoms with Crippen molar-refractivity contribution in [2.45, 2.75) is 70.9 Å². The Morgan fingerprint density at radius 1 is 1.21 bits per heavy atom. The summed E-state index contributed by atoms with van der Waals surface area (Å²) in [6, 6.07) is -0.895. The molecule has 1 atom stereocenters. The van der Waals surface area contributed by atoms with Gasteiger partial charge in [-0.2, -0.15) is 0 Å². The second-order valence-electron chi connectivity index (χ2n) is 7.01. The molecular formula is C17H30N2O5. The quantitative estimate of drug-likeness (QED) is 0.721. The maximum Gasteiger partial charge on any atom is 0.408 e. The molecule has 0 unspecified atom stereocenters. The van der Waals surface area contributed by atoms with Crippen molar-refractivity contribution in [1.29, 1.82) is 0 Å². The van der Waals surface area contributed by atoms with Crippen LogP contribution in [0.1, 0.15) is 60.7 Å². The Morgan fingerprint density at radius 3 is 2.38 bits per heavy atom. The Bertz CT molecular complexity index is 484. The number of amides is 2. The molecule has 0 aromatic heterocycles. The van der Waals surface area contributed by atoms with Gasteiger partial charge in [-0.25, -0.2) is 9.59 Å². The van der Waals surface area contributed by atoms with Crippen LogP contribution in [0.25, 0.3) is 0 Å². The molecule has 138 valence electrons. The molecule has 7 heteroatoms. The Balaban J connectivity index is 2.55. The molecule has 0 aromatic rings. The molecule has 0 heterocycles. The summed E-state index contributed by atoms with van der Waals surface area (Å²) < 4.78 is 18.3. The number of carbonyl (C=O) groups excluding carboxylic acids is 3. The standard InChI is InChI=1S/C17H30N2O5/c1-17(2,3)24-16(22)18-11-14(20)19-13(15(21)23-4)10-12-8-6-5-7-9-12/h12-13H,5-11H2,1-4H3,(H,18,22)(H,19,20)/t13-/m0/s1/i12D. The predicted molar refractivity (Wildman–Crippen MR) is 89.4 cm³/mol. The van der Waals surface area contributed by atoms with Gasteiger partial charge in [0.15, 0.2) is 0 Å². The molecule has 1 aliphatic carbocycles. The fourth-order valence-electron chi connectivity index (χ4n) is 2.59. The van der Waals surface area contributed by atoms with Gasteiger partial charge in [0, 0.05) is 1.37 Å². The highest BCUT2D eigenvalue weighted by Gasteiger charge is 2.26. The van der Waals surface area contributed by atoms with E-state index in [0.29, 0.717) is 12.8 Å². The Labute approximate surface area is 145 Å². The first-order valence-electron chi connectivity index (χ1n) is 8.89. The SMILES string of the molecule is [2H]C1(C[C@H](NC(=O)CNC(=O)OC(C)(C)C)C(=O)OC)CCCCC1. The number of rotatable bonds is 6. The summed E-state index contributed by atoms with van der Waals surface area (Å²) in [4.78, 5) is 35.6. The Morgan fingerprint density at radius 2 is 1.83 bits per heavy atom. The average Bonchev–Trinajstić information content (AvgIpc) is 2.50. The smallest absolute Gasteiger partial charge is 0.408 e. The van der Waals surface area contributed by atoms with E-state index in [1.807, 2.05) is 0 Å². The zero-order chi connectivity index (χ0) is 19.1. The number of hydrogen-bond donors (Lipinski definition) is 2. The highest BCUT2D eigenvalue weighted by atomic mass is 16.6. The number of hydrogen-bond acceptors (Lipinski definition) is 5. The van der Waals surface area contributed by atoms with Gasteiger partial charge in [-0.1, -0.05) is 32.1 Å². The first-order chi connectivity index (χ1) is 11.5. The topological polar surface area (TPSA) is 93.7 Å². The highest BCUT2D eigenvalue weighted by Crippen LogP contribution is 2.27. The molecule has 0 aliphatic heterocycles. The second-order valence-corrected chi connectivity index (χ2v) is 7.01. The van der Waals surface area contributed by atoms with Crippen molar-refractivity contribution >= 4 is 18.0 Å². The van der Waals surface area contributed by atoms with Gasteiger partial charge in [-0.3, -0.25) is 4.79 Å². The lowest BCUT2D eigenvalue weighted by Gasteiger charge is -2.26. The third kappa shape index (κ3) is 8.17. The lowest BCUT2D eigenvalue weighted by atomic mass is 9.85. The minimum absolute atomic E-state index is 0.206. The van der Waals surface area contributed by atoms with Crippen molar-refractivity contribution in [2.75, 3.05) is 13.7 Å². The van der Waals surface area contributed by atoms with Gasteiger partial charge in [-0.15, -0.1) is 0 Å². The summed E-state index contributed by atoms with van der Waals surface area (Å²) in [5.41, 5.74) is -0.659. The summed E-state index contributed by atoms with van der Waals surface area (Å²) in [5, 5.41) is 4.90. The number of methoxy groups -OCH3 is 1. The van der Waals surface area contributed by atoms with Gasteiger partial charge in [0.25, 0.3) is 0 Å². The van der Waals surface area contributed by atoms with Crippen LogP contribution in [-0.2, 0) is 19.1 Å². The molecule has 0 radical (unpaired) electrons. The minimum Gasteiger partial charge on any atom is -0.467 e. The van der Waals surface area contributed by atoms with Crippen LogP contribution in [0.15, 0.2) is 0 Å². The van der Waals surface area contributed by atoms with Gasteiger partial charge in [0.1, 0.15) is 18.2 Å². The molecule has 1 saturated carbocycles. The molecule has 2 N–H and O–H groups in total. The second kappa shape index (κ2) is 9.49. The molecule has 1 rings (SSSR count). The molecule has 1 aliphatic rings. The molecule has 0 spiro atoms. The van der Waals surface area contributed by atoms with Crippen molar-refractivity contribution in [3.8, 4) is 0 Å². The third-order valence-corrected chi connectivity index (χ3v) is 3.67. The summed E-state index contributed by atoms with van der Waals surface area (Å²) in [7, 11) is 1.25. The fourth-order valence-corrected chi connectivity index (χ4v) is 2.59. The van der Waals surface area contributed by atoms with E-state index in [4.69, 9.17) is 10.8 Å². The van der Waals surface area contributed by atoms with E-state index in [0.717, 1.165) is 19.3 Å². The molecule has 1 fully saturated rings. The molecule has 0 saturated heterocycles. The molecular weight excluding hydrogens is 312 g/mol. The maximum absolute atomic E-state index is 12.0. The number of carbonyl (C=O) groups is 3. The number of nitrogens with one attached hydrogen (secondary N) is 2. The van der Waals surface area contributed by atoms with E-state index in [1.165, 1.54) is 7.11 Å². The summed E-state index contributed by atoms with van der Waals surface area (Å²) in [6.45, 7) is 4.85. The van der Waals surface area contributed by atoms with E-state index in [-0.39, 0.29) is 13.0 Å². The average molecular weight is 343 g/mol. The Hall–Kier alpha value is -1.79. The first-order valence-corrected chi connectivity index (χ1v) is 8.39. The van der Waals surface area contributed by atoms with Crippen LogP contribution in [0, 0.1) is 5.89 Å². The summed E-state index contributed by atoms with van der Waals surface area (Å²) in [5.74, 6) is -1.84. The minimum atomic E-state index is -0.895. The highest BCUT2D eigenvalue weighted by molar-refractivity contribution is 5.87. The van der Waals surface area contributed by atoms with Gasteiger partial charge >= 0.3 is 12.1 Å². The van der Waals surface area contributed by atoms with Gasteiger partial charge in [-0.05, 0) is 33.1 Å². The predicted octanol–water partition coefficient (Wildman–Crippen LogP) is 2.14. The van der Waals surface area contributed by atoms with Crippen LogP contribution in [-0.4, -0.2) is 43.3 Å². The molecule has 2 amide bonds. The van der Waals surface area contributed by atoms with E-state index in [1.54, 1.807) is 20.8 Å². The van der Waals surface area contributed by atoms with Crippen LogP contribution in [0.3, 0.4) is 0 Å². The summed E-state index contributed by atoms with van der Waals surface area (Å²) in [6.07, 6.45) is 3.89. The van der Waals surface area contributed by atoms with E-state index < -0.39 is 35.5 Å². The third-order valence-electron chi connectivity index (χ3n) is 3.67. The monoisotopic (exact) mass is 343 g/mol. The van der Waals surface area contributed by atoms with Gasteiger partial charge < -0.3 is 20.1 Å². The van der Waals surface area contributed by atoms with Crippen LogP contribution in [0.4, 0.5) is 4.79 Å². The number of esters is 1. The lowest BCUT2D eigenvalue weighted by Crippen LogP contribution is -2.47. The van der Waals surface area contributed by atoms with E-state index in [2.05, 4.69) is 10.6 Å². The molecule has 0 bridgehead atoms. The zero-order valence-electron chi connectivity index (χ0n) is 16.1.